The molecule has 2 aromatic rings. The molecule has 0 aliphatic carbocycles. The summed E-state index contributed by atoms with van der Waals surface area (Å²) in [5, 5.41) is 0. The molecule has 1 saturated heterocycles. The molecule has 0 unspecified atom stereocenters. The van der Waals surface area contributed by atoms with Crippen LogP contribution >= 0.6 is 12.4 Å². The van der Waals surface area contributed by atoms with Crippen molar-refractivity contribution in [2.24, 2.45) is 11.7 Å². The second-order valence-electron chi connectivity index (χ2n) is 4.72. The van der Waals surface area contributed by atoms with Crippen molar-refractivity contribution in [3.63, 3.8) is 0 Å². The van der Waals surface area contributed by atoms with Gasteiger partial charge in [0.05, 0.1) is 5.69 Å². The number of rotatable bonds is 2. The van der Waals surface area contributed by atoms with Gasteiger partial charge in [-0.05, 0) is 31.4 Å². The SMILES string of the molecule is Cl.NCC1CCN(c2ccnc3nccnc23)CC1. The molecule has 2 aromatic heterocycles. The van der Waals surface area contributed by atoms with Crippen LogP contribution in [0.2, 0.25) is 0 Å². The van der Waals surface area contributed by atoms with Crippen molar-refractivity contribution < 1.29 is 0 Å². The zero-order chi connectivity index (χ0) is 12.4. The van der Waals surface area contributed by atoms with Gasteiger partial charge in [0.25, 0.3) is 0 Å². The highest BCUT2D eigenvalue weighted by atomic mass is 35.5. The van der Waals surface area contributed by atoms with E-state index in [4.69, 9.17) is 5.73 Å². The molecule has 0 spiro atoms. The van der Waals surface area contributed by atoms with Crippen LogP contribution in [0.5, 0.6) is 0 Å². The second kappa shape index (κ2) is 6.12. The molecule has 1 aliphatic rings. The van der Waals surface area contributed by atoms with Gasteiger partial charge in [0.2, 0.25) is 0 Å². The normalized spacial score (nSPS) is 16.4. The van der Waals surface area contributed by atoms with E-state index in [2.05, 4.69) is 19.9 Å². The predicted octanol–water partition coefficient (Wildman–Crippen LogP) is 1.62. The van der Waals surface area contributed by atoms with Crippen molar-refractivity contribution in [2.75, 3.05) is 24.5 Å². The first kappa shape index (κ1) is 14.0. The number of aromatic nitrogens is 3. The standard InChI is InChI=1S/C13H17N5.ClH/c14-9-10-2-7-18(8-3-10)11-1-4-16-13-12(11)15-5-6-17-13;/h1,4-6,10H,2-3,7-9,14H2;1H. The number of nitrogens with two attached hydrogens (primary N) is 1. The van der Waals surface area contributed by atoms with Gasteiger partial charge in [-0.3, -0.25) is 0 Å². The maximum Gasteiger partial charge on any atom is 0.180 e. The molecule has 0 bridgehead atoms. The first-order chi connectivity index (χ1) is 8.88. The highest BCUT2D eigenvalue weighted by molar-refractivity contribution is 5.85. The monoisotopic (exact) mass is 279 g/mol. The lowest BCUT2D eigenvalue weighted by molar-refractivity contribution is 0.415. The molecule has 1 fully saturated rings. The van der Waals surface area contributed by atoms with Gasteiger partial charge in [0, 0.05) is 31.7 Å². The van der Waals surface area contributed by atoms with Crippen molar-refractivity contribution in [3.05, 3.63) is 24.7 Å². The molecular formula is C13H18ClN5. The summed E-state index contributed by atoms with van der Waals surface area (Å²) in [5.74, 6) is 0.667. The van der Waals surface area contributed by atoms with Crippen molar-refractivity contribution in [2.45, 2.75) is 12.8 Å². The van der Waals surface area contributed by atoms with Gasteiger partial charge in [-0.1, -0.05) is 0 Å². The number of pyridine rings is 1. The molecule has 0 atom stereocenters. The summed E-state index contributed by atoms with van der Waals surface area (Å²) in [5.41, 5.74) is 8.48. The number of anilines is 1. The average molecular weight is 280 g/mol. The van der Waals surface area contributed by atoms with E-state index >= 15 is 0 Å². The summed E-state index contributed by atoms with van der Waals surface area (Å²) >= 11 is 0. The molecule has 102 valence electrons. The van der Waals surface area contributed by atoms with Crippen molar-refractivity contribution in [1.29, 1.82) is 0 Å². The van der Waals surface area contributed by atoms with Crippen molar-refractivity contribution in [1.82, 2.24) is 15.0 Å². The Hall–Kier alpha value is -1.46. The van der Waals surface area contributed by atoms with E-state index in [1.807, 2.05) is 6.07 Å². The van der Waals surface area contributed by atoms with Gasteiger partial charge in [-0.15, -0.1) is 12.4 Å². The Labute approximate surface area is 118 Å². The van der Waals surface area contributed by atoms with E-state index < -0.39 is 0 Å². The number of fused-ring (bicyclic) bond motifs is 1. The largest absolute Gasteiger partial charge is 0.370 e. The minimum atomic E-state index is 0. The van der Waals surface area contributed by atoms with Gasteiger partial charge >= 0.3 is 0 Å². The van der Waals surface area contributed by atoms with Crippen LogP contribution in [-0.4, -0.2) is 34.6 Å². The second-order valence-corrected chi connectivity index (χ2v) is 4.72. The van der Waals surface area contributed by atoms with E-state index in [0.717, 1.165) is 49.3 Å². The summed E-state index contributed by atoms with van der Waals surface area (Å²) in [4.78, 5) is 15.3. The highest BCUT2D eigenvalue weighted by Crippen LogP contribution is 2.26. The van der Waals surface area contributed by atoms with Gasteiger partial charge in [-0.25, -0.2) is 15.0 Å². The van der Waals surface area contributed by atoms with E-state index in [9.17, 15) is 0 Å². The molecule has 19 heavy (non-hydrogen) atoms. The maximum absolute atomic E-state index is 5.73. The number of nitrogens with zero attached hydrogens (tertiary/aromatic N) is 4. The van der Waals surface area contributed by atoms with E-state index in [1.165, 1.54) is 0 Å². The van der Waals surface area contributed by atoms with Crippen LogP contribution in [0, 0.1) is 5.92 Å². The average Bonchev–Trinajstić information content (AvgIpc) is 2.47. The molecule has 5 nitrogen and oxygen atoms in total. The lowest BCUT2D eigenvalue weighted by Gasteiger charge is -2.33. The van der Waals surface area contributed by atoms with Crippen LogP contribution in [0.25, 0.3) is 11.2 Å². The fraction of sp³-hybridized carbons (Fsp3) is 0.462. The summed E-state index contributed by atoms with van der Waals surface area (Å²) in [7, 11) is 0. The predicted molar refractivity (Wildman–Crippen MR) is 78.6 cm³/mol. The van der Waals surface area contributed by atoms with Crippen LogP contribution < -0.4 is 10.6 Å². The Morgan fingerprint density at radius 1 is 1.11 bits per heavy atom. The quantitative estimate of drug-likeness (QED) is 0.905. The van der Waals surface area contributed by atoms with Crippen molar-refractivity contribution in [3.8, 4) is 0 Å². The van der Waals surface area contributed by atoms with E-state index in [-0.39, 0.29) is 12.4 Å². The van der Waals surface area contributed by atoms with Crippen LogP contribution in [0.1, 0.15) is 12.8 Å². The van der Waals surface area contributed by atoms with Crippen LogP contribution in [-0.2, 0) is 0 Å². The summed E-state index contributed by atoms with van der Waals surface area (Å²) in [6, 6.07) is 2.03. The zero-order valence-electron chi connectivity index (χ0n) is 10.7. The Balaban J connectivity index is 0.00000133. The molecule has 2 N–H and O–H groups in total. The lowest BCUT2D eigenvalue weighted by atomic mass is 9.97. The minimum absolute atomic E-state index is 0. The minimum Gasteiger partial charge on any atom is -0.370 e. The van der Waals surface area contributed by atoms with Crippen molar-refractivity contribution >= 4 is 29.3 Å². The molecule has 0 amide bonds. The third-order valence-electron chi connectivity index (χ3n) is 3.64. The Morgan fingerprint density at radius 2 is 1.79 bits per heavy atom. The molecule has 0 aromatic carbocycles. The number of halogens is 1. The Kier molecular flexibility index (Phi) is 4.50. The molecule has 0 radical (unpaired) electrons. The van der Waals surface area contributed by atoms with Gasteiger partial charge < -0.3 is 10.6 Å². The highest BCUT2D eigenvalue weighted by Gasteiger charge is 2.20. The van der Waals surface area contributed by atoms with E-state index in [1.54, 1.807) is 18.6 Å². The zero-order valence-corrected chi connectivity index (χ0v) is 11.5. The van der Waals surface area contributed by atoms with Crippen LogP contribution in [0.15, 0.2) is 24.7 Å². The summed E-state index contributed by atoms with van der Waals surface area (Å²) in [6.07, 6.45) is 7.52. The van der Waals surface area contributed by atoms with Gasteiger partial charge in [-0.2, -0.15) is 0 Å². The molecule has 3 heterocycles. The molecule has 3 rings (SSSR count). The lowest BCUT2D eigenvalue weighted by Crippen LogP contribution is -2.36. The molecular weight excluding hydrogens is 262 g/mol. The third kappa shape index (κ3) is 2.77. The fourth-order valence-electron chi connectivity index (χ4n) is 2.53. The number of piperidine rings is 1. The third-order valence-corrected chi connectivity index (χ3v) is 3.64. The molecule has 0 saturated carbocycles. The first-order valence-electron chi connectivity index (χ1n) is 6.39. The smallest absolute Gasteiger partial charge is 0.180 e. The Bertz CT molecular complexity index is 534. The Morgan fingerprint density at radius 3 is 2.53 bits per heavy atom. The van der Waals surface area contributed by atoms with Gasteiger partial charge in [0.15, 0.2) is 5.65 Å². The topological polar surface area (TPSA) is 67.9 Å². The molecule has 6 heteroatoms. The maximum atomic E-state index is 5.73. The first-order valence-corrected chi connectivity index (χ1v) is 6.39. The van der Waals surface area contributed by atoms with Gasteiger partial charge in [0.1, 0.15) is 5.52 Å². The number of hydrogen-bond donors (Lipinski definition) is 1. The molecule has 1 aliphatic heterocycles. The van der Waals surface area contributed by atoms with Crippen LogP contribution in [0.4, 0.5) is 5.69 Å². The van der Waals surface area contributed by atoms with Crippen LogP contribution in [0.3, 0.4) is 0 Å². The number of hydrogen-bond acceptors (Lipinski definition) is 5. The summed E-state index contributed by atoms with van der Waals surface area (Å²) < 4.78 is 0. The van der Waals surface area contributed by atoms with E-state index in [0.29, 0.717) is 5.92 Å². The fourth-order valence-corrected chi connectivity index (χ4v) is 2.53. The summed E-state index contributed by atoms with van der Waals surface area (Å²) in [6.45, 7) is 2.87.